The van der Waals surface area contributed by atoms with E-state index in [4.69, 9.17) is 0 Å². The Labute approximate surface area is 141 Å². The molecule has 0 saturated heterocycles. The number of hydrogen-bond donors (Lipinski definition) is 0. The summed E-state index contributed by atoms with van der Waals surface area (Å²) in [4.78, 5) is 0. The monoisotopic (exact) mass is 326 g/mol. The normalized spacial score (nSPS) is 11.1. The number of rotatable bonds is 6. The summed E-state index contributed by atoms with van der Waals surface area (Å²) < 4.78 is 4.35. The van der Waals surface area contributed by atoms with E-state index in [-0.39, 0.29) is 0 Å². The van der Waals surface area contributed by atoms with Crippen molar-refractivity contribution in [3.63, 3.8) is 0 Å². The van der Waals surface area contributed by atoms with Gasteiger partial charge in [0.15, 0.2) is 5.16 Å². The summed E-state index contributed by atoms with van der Waals surface area (Å²) in [5.41, 5.74) is 3.87. The lowest BCUT2D eigenvalue weighted by atomic mass is 10.2. The van der Waals surface area contributed by atoms with Gasteiger partial charge in [-0.2, -0.15) is 0 Å². The van der Waals surface area contributed by atoms with Crippen molar-refractivity contribution in [2.45, 2.75) is 37.7 Å². The van der Waals surface area contributed by atoms with Crippen LogP contribution >= 0.6 is 11.8 Å². The molecule has 0 spiro atoms. The molecule has 3 aromatic rings. The molecule has 120 valence electrons. The maximum absolute atomic E-state index is 4.41. The molecule has 5 heteroatoms. The molecule has 0 aliphatic heterocycles. The fourth-order valence-corrected chi connectivity index (χ4v) is 3.63. The molecule has 0 radical (unpaired) electrons. The van der Waals surface area contributed by atoms with Crippen LogP contribution in [-0.4, -0.2) is 19.3 Å². The Balaban J connectivity index is 1.74. The zero-order valence-corrected chi connectivity index (χ0v) is 14.7. The van der Waals surface area contributed by atoms with Gasteiger partial charge in [-0.05, 0) is 31.5 Å². The standard InChI is InChI=1S/C18H22N4S/c1-4-22-17(12-16-9-6-10-21(16)3)19-20-18(22)23-13-15-8-5-7-14(2)11-15/h5-11H,4,12-13H2,1-3H3. The van der Waals surface area contributed by atoms with Crippen LogP contribution in [0.5, 0.6) is 0 Å². The average Bonchev–Trinajstić information content (AvgIpc) is 3.12. The van der Waals surface area contributed by atoms with Crippen LogP contribution in [0.2, 0.25) is 0 Å². The Bertz CT molecular complexity index is 788. The van der Waals surface area contributed by atoms with Crippen molar-refractivity contribution >= 4 is 11.8 Å². The summed E-state index contributed by atoms with van der Waals surface area (Å²) in [5, 5.41) is 9.81. The van der Waals surface area contributed by atoms with Crippen molar-refractivity contribution in [3.05, 3.63) is 65.2 Å². The minimum Gasteiger partial charge on any atom is -0.354 e. The van der Waals surface area contributed by atoms with Crippen molar-refractivity contribution < 1.29 is 0 Å². The molecule has 3 rings (SSSR count). The van der Waals surface area contributed by atoms with Crippen molar-refractivity contribution in [2.75, 3.05) is 0 Å². The Hall–Kier alpha value is -2.01. The number of aromatic nitrogens is 4. The Morgan fingerprint density at radius 2 is 2.00 bits per heavy atom. The van der Waals surface area contributed by atoms with E-state index in [0.717, 1.165) is 29.7 Å². The van der Waals surface area contributed by atoms with E-state index in [1.165, 1.54) is 16.8 Å². The average molecular weight is 326 g/mol. The van der Waals surface area contributed by atoms with Crippen LogP contribution in [0.4, 0.5) is 0 Å². The molecule has 0 fully saturated rings. The lowest BCUT2D eigenvalue weighted by molar-refractivity contribution is 0.645. The molecule has 0 bridgehead atoms. The summed E-state index contributed by atoms with van der Waals surface area (Å²) in [7, 11) is 2.06. The second kappa shape index (κ2) is 7.04. The SMILES string of the molecule is CCn1c(Cc2cccn2C)nnc1SCc1cccc(C)c1. The third-order valence-corrected chi connectivity index (χ3v) is 4.99. The molecule has 23 heavy (non-hydrogen) atoms. The molecule has 0 amide bonds. The third-order valence-electron chi connectivity index (χ3n) is 3.95. The Kier molecular flexibility index (Phi) is 4.86. The predicted molar refractivity (Wildman–Crippen MR) is 94.7 cm³/mol. The molecule has 0 aliphatic rings. The van der Waals surface area contributed by atoms with E-state index in [0.29, 0.717) is 0 Å². The Morgan fingerprint density at radius 1 is 1.13 bits per heavy atom. The fraction of sp³-hybridized carbons (Fsp3) is 0.333. The minimum absolute atomic E-state index is 0.815. The molecular formula is C18H22N4S. The number of benzene rings is 1. The van der Waals surface area contributed by atoms with Crippen molar-refractivity contribution in [3.8, 4) is 0 Å². The maximum Gasteiger partial charge on any atom is 0.191 e. The van der Waals surface area contributed by atoms with Crippen LogP contribution in [-0.2, 0) is 25.8 Å². The second-order valence-electron chi connectivity index (χ2n) is 5.71. The number of aryl methyl sites for hydroxylation is 2. The van der Waals surface area contributed by atoms with Gasteiger partial charge in [0.1, 0.15) is 5.82 Å². The molecule has 0 saturated carbocycles. The highest BCUT2D eigenvalue weighted by molar-refractivity contribution is 7.98. The number of hydrogen-bond acceptors (Lipinski definition) is 3. The van der Waals surface area contributed by atoms with Gasteiger partial charge in [0.2, 0.25) is 0 Å². The molecular weight excluding hydrogens is 304 g/mol. The summed E-state index contributed by atoms with van der Waals surface area (Å²) in [5.74, 6) is 1.95. The Morgan fingerprint density at radius 3 is 2.70 bits per heavy atom. The minimum atomic E-state index is 0.815. The zero-order chi connectivity index (χ0) is 16.2. The van der Waals surface area contributed by atoms with E-state index in [9.17, 15) is 0 Å². The van der Waals surface area contributed by atoms with E-state index >= 15 is 0 Å². The molecule has 0 atom stereocenters. The first-order valence-electron chi connectivity index (χ1n) is 7.88. The highest BCUT2D eigenvalue weighted by Crippen LogP contribution is 2.23. The van der Waals surface area contributed by atoms with Crippen molar-refractivity contribution in [2.24, 2.45) is 7.05 Å². The van der Waals surface area contributed by atoms with Gasteiger partial charge in [0.05, 0.1) is 0 Å². The van der Waals surface area contributed by atoms with Gasteiger partial charge in [-0.25, -0.2) is 0 Å². The summed E-state index contributed by atoms with van der Waals surface area (Å²) in [6.07, 6.45) is 2.88. The molecule has 1 aromatic carbocycles. The first-order valence-corrected chi connectivity index (χ1v) is 8.86. The lowest BCUT2D eigenvalue weighted by Crippen LogP contribution is -2.06. The van der Waals surface area contributed by atoms with Crippen LogP contribution in [0.3, 0.4) is 0 Å². The third kappa shape index (κ3) is 3.67. The van der Waals surface area contributed by atoms with Crippen molar-refractivity contribution in [1.29, 1.82) is 0 Å². The van der Waals surface area contributed by atoms with E-state index in [2.05, 4.69) is 82.8 Å². The van der Waals surface area contributed by atoms with Gasteiger partial charge in [-0.3, -0.25) is 0 Å². The molecule has 2 aromatic heterocycles. The predicted octanol–water partition coefficient (Wildman–Crippen LogP) is 3.83. The van der Waals surface area contributed by atoms with Crippen LogP contribution in [0.25, 0.3) is 0 Å². The van der Waals surface area contributed by atoms with E-state index in [1.807, 2.05) is 0 Å². The highest BCUT2D eigenvalue weighted by atomic mass is 32.2. The van der Waals surface area contributed by atoms with Gasteiger partial charge in [-0.1, -0.05) is 41.6 Å². The summed E-state index contributed by atoms with van der Waals surface area (Å²) in [6.45, 7) is 5.16. The highest BCUT2D eigenvalue weighted by Gasteiger charge is 2.13. The van der Waals surface area contributed by atoms with Gasteiger partial charge in [0, 0.05) is 37.7 Å². The second-order valence-corrected chi connectivity index (χ2v) is 6.65. The summed E-state index contributed by atoms with van der Waals surface area (Å²) in [6, 6.07) is 12.8. The van der Waals surface area contributed by atoms with Gasteiger partial charge in [0.25, 0.3) is 0 Å². The topological polar surface area (TPSA) is 35.6 Å². The smallest absolute Gasteiger partial charge is 0.191 e. The van der Waals surface area contributed by atoms with Gasteiger partial charge < -0.3 is 9.13 Å². The van der Waals surface area contributed by atoms with E-state index < -0.39 is 0 Å². The first-order chi connectivity index (χ1) is 11.2. The van der Waals surface area contributed by atoms with Gasteiger partial charge >= 0.3 is 0 Å². The van der Waals surface area contributed by atoms with Crippen molar-refractivity contribution in [1.82, 2.24) is 19.3 Å². The quantitative estimate of drug-likeness (QED) is 0.646. The first kappa shape index (κ1) is 15.9. The van der Waals surface area contributed by atoms with Gasteiger partial charge in [-0.15, -0.1) is 10.2 Å². The fourth-order valence-electron chi connectivity index (χ4n) is 2.67. The zero-order valence-electron chi connectivity index (χ0n) is 13.9. The van der Waals surface area contributed by atoms with E-state index in [1.54, 1.807) is 11.8 Å². The van der Waals surface area contributed by atoms with Crippen LogP contribution in [0.15, 0.2) is 47.8 Å². The molecule has 0 N–H and O–H groups in total. The molecule has 4 nitrogen and oxygen atoms in total. The maximum atomic E-state index is 4.41. The largest absolute Gasteiger partial charge is 0.354 e. The number of thioether (sulfide) groups is 1. The molecule has 2 heterocycles. The molecule has 0 unspecified atom stereocenters. The molecule has 0 aliphatic carbocycles. The summed E-state index contributed by atoms with van der Waals surface area (Å²) >= 11 is 1.75. The van der Waals surface area contributed by atoms with Crippen LogP contribution in [0, 0.1) is 6.92 Å². The number of nitrogens with zero attached hydrogens (tertiary/aromatic N) is 4. The van der Waals surface area contributed by atoms with Crippen LogP contribution in [0.1, 0.15) is 29.6 Å². The van der Waals surface area contributed by atoms with Crippen LogP contribution < -0.4 is 0 Å². The lowest BCUT2D eigenvalue weighted by Gasteiger charge is -2.08.